The summed E-state index contributed by atoms with van der Waals surface area (Å²) in [7, 11) is 0. The third kappa shape index (κ3) is 3.22. The summed E-state index contributed by atoms with van der Waals surface area (Å²) in [4.78, 5) is 0.416. The molecule has 1 unspecified atom stereocenters. The fourth-order valence-electron chi connectivity index (χ4n) is 3.51. The number of rotatable bonds is 3. The largest absolute Gasteiger partial charge is 0.490 e. The van der Waals surface area contributed by atoms with Gasteiger partial charge in [-0.2, -0.15) is 0 Å². The van der Waals surface area contributed by atoms with Crippen molar-refractivity contribution >= 4 is 17.2 Å². The van der Waals surface area contributed by atoms with E-state index in [1.165, 1.54) is 25.7 Å². The maximum atomic E-state index is 6.27. The van der Waals surface area contributed by atoms with Crippen molar-refractivity contribution in [2.24, 2.45) is 5.73 Å². The molecule has 1 saturated heterocycles. The molecule has 1 spiro atoms. The van der Waals surface area contributed by atoms with Gasteiger partial charge < -0.3 is 15.2 Å². The van der Waals surface area contributed by atoms with Crippen molar-refractivity contribution in [1.82, 2.24) is 0 Å². The van der Waals surface area contributed by atoms with Crippen LogP contribution in [0, 0.1) is 6.92 Å². The van der Waals surface area contributed by atoms with E-state index >= 15 is 0 Å². The van der Waals surface area contributed by atoms with Gasteiger partial charge in [-0.25, -0.2) is 0 Å². The molecule has 1 heterocycles. The van der Waals surface area contributed by atoms with E-state index in [9.17, 15) is 0 Å². The minimum absolute atomic E-state index is 0.0810. The van der Waals surface area contributed by atoms with E-state index in [2.05, 4.69) is 6.92 Å². The Morgan fingerprint density at radius 1 is 1.38 bits per heavy atom. The topological polar surface area (TPSA) is 44.5 Å². The van der Waals surface area contributed by atoms with E-state index in [4.69, 9.17) is 27.4 Å². The summed E-state index contributed by atoms with van der Waals surface area (Å²) in [6.07, 6.45) is 7.11. The Labute approximate surface area is 131 Å². The lowest BCUT2D eigenvalue weighted by molar-refractivity contribution is -0.108. The number of hydrogen-bond donors (Lipinski definition) is 1. The summed E-state index contributed by atoms with van der Waals surface area (Å²) in [6.45, 7) is 2.86. The average Bonchev–Trinajstić information content (AvgIpc) is 2.89. The van der Waals surface area contributed by atoms with E-state index in [1.807, 2.05) is 18.2 Å². The molecule has 1 aromatic rings. The van der Waals surface area contributed by atoms with Crippen LogP contribution in [-0.4, -0.2) is 23.3 Å². The van der Waals surface area contributed by atoms with Crippen molar-refractivity contribution in [3.63, 3.8) is 0 Å². The van der Waals surface area contributed by atoms with E-state index in [0.717, 1.165) is 36.3 Å². The van der Waals surface area contributed by atoms with Crippen LogP contribution in [0.15, 0.2) is 18.2 Å². The van der Waals surface area contributed by atoms with Gasteiger partial charge in [0.05, 0.1) is 12.2 Å². The fraction of sp³-hybridized carbons (Fsp3) is 0.588. The number of hydrogen-bond acceptors (Lipinski definition) is 3. The Bertz CT molecular complexity index is 538. The summed E-state index contributed by atoms with van der Waals surface area (Å²) >= 11 is 5.05. The molecule has 3 nitrogen and oxygen atoms in total. The van der Waals surface area contributed by atoms with Crippen molar-refractivity contribution in [2.75, 3.05) is 6.61 Å². The zero-order valence-corrected chi connectivity index (χ0v) is 13.4. The van der Waals surface area contributed by atoms with Gasteiger partial charge in [-0.15, -0.1) is 0 Å². The third-order valence-electron chi connectivity index (χ3n) is 4.73. The molecule has 0 bridgehead atoms. The quantitative estimate of drug-likeness (QED) is 0.868. The molecule has 114 valence electrons. The van der Waals surface area contributed by atoms with E-state index in [-0.39, 0.29) is 11.7 Å². The normalized spacial score (nSPS) is 24.1. The van der Waals surface area contributed by atoms with Gasteiger partial charge in [0.2, 0.25) is 0 Å². The summed E-state index contributed by atoms with van der Waals surface area (Å²) < 4.78 is 12.3. The molecule has 2 fully saturated rings. The van der Waals surface area contributed by atoms with Crippen molar-refractivity contribution in [3.8, 4) is 5.75 Å². The third-order valence-corrected chi connectivity index (χ3v) is 4.96. The Morgan fingerprint density at radius 3 is 2.86 bits per heavy atom. The van der Waals surface area contributed by atoms with Crippen LogP contribution in [0.25, 0.3) is 0 Å². The monoisotopic (exact) mass is 305 g/mol. The molecule has 3 rings (SSSR count). The molecular formula is C17H23NO2S. The van der Waals surface area contributed by atoms with Gasteiger partial charge >= 0.3 is 0 Å². The Hall–Kier alpha value is -1.13. The van der Waals surface area contributed by atoms with Crippen LogP contribution in [0.2, 0.25) is 0 Å². The maximum Gasteiger partial charge on any atom is 0.123 e. The number of thiocarbonyl (C=S) groups is 1. The SMILES string of the molecule is Cc1ccc(C(N)=S)cc1OC1CCOC2(CCCC2)C1. The molecule has 2 N–H and O–H groups in total. The molecule has 0 radical (unpaired) electrons. The predicted octanol–water partition coefficient (Wildman–Crippen LogP) is 3.50. The number of benzene rings is 1. The zero-order chi connectivity index (χ0) is 14.9. The molecule has 4 heteroatoms. The van der Waals surface area contributed by atoms with Crippen molar-refractivity contribution < 1.29 is 9.47 Å². The lowest BCUT2D eigenvalue weighted by Crippen LogP contribution is -2.41. The zero-order valence-electron chi connectivity index (χ0n) is 12.6. The van der Waals surface area contributed by atoms with Gasteiger partial charge in [-0.05, 0) is 31.4 Å². The van der Waals surface area contributed by atoms with Crippen molar-refractivity contribution in [2.45, 2.75) is 57.2 Å². The molecule has 1 atom stereocenters. The average molecular weight is 305 g/mol. The molecule has 1 aliphatic heterocycles. The minimum atomic E-state index is 0.0810. The summed E-state index contributed by atoms with van der Waals surface area (Å²) in [6, 6.07) is 5.94. The number of aryl methyl sites for hydroxylation is 1. The van der Waals surface area contributed by atoms with Gasteiger partial charge in [0.25, 0.3) is 0 Å². The maximum absolute atomic E-state index is 6.27. The number of ether oxygens (including phenoxy) is 2. The molecule has 21 heavy (non-hydrogen) atoms. The smallest absolute Gasteiger partial charge is 0.123 e. The lowest BCUT2D eigenvalue weighted by atomic mass is 9.90. The highest BCUT2D eigenvalue weighted by atomic mass is 32.1. The molecule has 0 amide bonds. The van der Waals surface area contributed by atoms with E-state index in [1.54, 1.807) is 0 Å². The van der Waals surface area contributed by atoms with Crippen LogP contribution < -0.4 is 10.5 Å². The first kappa shape index (κ1) is 14.8. The second kappa shape index (κ2) is 5.93. The molecule has 1 aromatic carbocycles. The highest BCUT2D eigenvalue weighted by Gasteiger charge is 2.40. The van der Waals surface area contributed by atoms with Crippen LogP contribution in [0.1, 0.15) is 49.7 Å². The highest BCUT2D eigenvalue weighted by Crippen LogP contribution is 2.41. The second-order valence-electron chi connectivity index (χ2n) is 6.32. The first-order chi connectivity index (χ1) is 10.1. The van der Waals surface area contributed by atoms with Crippen LogP contribution in [0.3, 0.4) is 0 Å². The summed E-state index contributed by atoms with van der Waals surface area (Å²) in [5, 5.41) is 0. The minimum Gasteiger partial charge on any atom is -0.490 e. The van der Waals surface area contributed by atoms with Gasteiger partial charge in [-0.1, -0.05) is 37.2 Å². The van der Waals surface area contributed by atoms with Gasteiger partial charge in [0.1, 0.15) is 16.8 Å². The summed E-state index contributed by atoms with van der Waals surface area (Å²) in [5.74, 6) is 0.903. The summed E-state index contributed by atoms with van der Waals surface area (Å²) in [5.41, 5.74) is 7.79. The van der Waals surface area contributed by atoms with Gasteiger partial charge in [0.15, 0.2) is 0 Å². The fourth-order valence-corrected chi connectivity index (χ4v) is 3.64. The predicted molar refractivity (Wildman–Crippen MR) is 87.9 cm³/mol. The van der Waals surface area contributed by atoms with Crippen LogP contribution in [0.4, 0.5) is 0 Å². The Morgan fingerprint density at radius 2 is 2.14 bits per heavy atom. The molecule has 0 aromatic heterocycles. The highest BCUT2D eigenvalue weighted by molar-refractivity contribution is 7.80. The second-order valence-corrected chi connectivity index (χ2v) is 6.76. The van der Waals surface area contributed by atoms with Crippen LogP contribution in [0.5, 0.6) is 5.75 Å². The standard InChI is InChI=1S/C17H23NO2S/c1-12-4-5-13(16(18)21)10-15(12)20-14-6-9-19-17(11-14)7-2-3-8-17/h4-5,10,14H,2-3,6-9,11H2,1H3,(H2,18,21). The van der Waals surface area contributed by atoms with Crippen molar-refractivity contribution in [1.29, 1.82) is 0 Å². The number of nitrogens with two attached hydrogens (primary N) is 1. The Balaban J connectivity index is 1.74. The first-order valence-electron chi connectivity index (χ1n) is 7.79. The van der Waals surface area contributed by atoms with Crippen LogP contribution >= 0.6 is 12.2 Å². The first-order valence-corrected chi connectivity index (χ1v) is 8.20. The van der Waals surface area contributed by atoms with Crippen molar-refractivity contribution in [3.05, 3.63) is 29.3 Å². The Kier molecular flexibility index (Phi) is 4.18. The molecule has 1 aliphatic carbocycles. The van der Waals surface area contributed by atoms with Crippen LogP contribution in [-0.2, 0) is 4.74 Å². The molecule has 2 aliphatic rings. The van der Waals surface area contributed by atoms with E-state index in [0.29, 0.717) is 4.99 Å². The van der Waals surface area contributed by atoms with Gasteiger partial charge in [-0.3, -0.25) is 0 Å². The lowest BCUT2D eigenvalue weighted by Gasteiger charge is -2.38. The van der Waals surface area contributed by atoms with Gasteiger partial charge in [0, 0.05) is 18.4 Å². The molecular weight excluding hydrogens is 282 g/mol. The van der Waals surface area contributed by atoms with E-state index < -0.39 is 0 Å². The molecule has 1 saturated carbocycles.